The van der Waals surface area contributed by atoms with Gasteiger partial charge in [-0.25, -0.2) is 0 Å². The van der Waals surface area contributed by atoms with Gasteiger partial charge >= 0.3 is 0 Å². The number of rotatable bonds is 1. The van der Waals surface area contributed by atoms with Crippen LogP contribution >= 0.6 is 0 Å². The highest BCUT2D eigenvalue weighted by molar-refractivity contribution is 5.16. The lowest BCUT2D eigenvalue weighted by atomic mass is 10.2. The van der Waals surface area contributed by atoms with E-state index in [1.165, 1.54) is 12.3 Å². The van der Waals surface area contributed by atoms with Crippen LogP contribution in [-0.2, 0) is 6.61 Å². The topological polar surface area (TPSA) is 53.1 Å². The minimum absolute atomic E-state index is 0.0391. The van der Waals surface area contributed by atoms with E-state index in [1.54, 1.807) is 6.92 Å². The molecule has 1 heterocycles. The van der Waals surface area contributed by atoms with Crippen LogP contribution in [0.5, 0.6) is 0 Å². The van der Waals surface area contributed by atoms with Gasteiger partial charge in [-0.1, -0.05) is 0 Å². The molecule has 0 aromatic carbocycles. The van der Waals surface area contributed by atoms with E-state index in [2.05, 4.69) is 4.98 Å². The summed E-state index contributed by atoms with van der Waals surface area (Å²) in [6, 6.07) is 1.44. The maximum absolute atomic E-state index is 10.9. The summed E-state index contributed by atoms with van der Waals surface area (Å²) in [5, 5.41) is 8.67. The molecule has 2 N–H and O–H groups in total. The second-order valence-electron chi connectivity index (χ2n) is 2.10. The van der Waals surface area contributed by atoms with Crippen LogP contribution in [0.4, 0.5) is 0 Å². The molecule has 0 amide bonds. The normalized spacial score (nSPS) is 9.80. The second kappa shape index (κ2) is 2.66. The van der Waals surface area contributed by atoms with E-state index >= 15 is 0 Å². The first-order chi connectivity index (χ1) is 4.75. The van der Waals surface area contributed by atoms with E-state index in [9.17, 15) is 4.79 Å². The van der Waals surface area contributed by atoms with Crippen molar-refractivity contribution in [3.05, 3.63) is 33.7 Å². The van der Waals surface area contributed by atoms with Crippen molar-refractivity contribution < 1.29 is 5.11 Å². The molecule has 0 bridgehead atoms. The standard InChI is InChI=1S/C7H9NO2/c1-5-6(4-9)8-3-2-7(5)10/h2-3,9H,4H2,1H3,(H,8,10). The Hall–Kier alpha value is -1.09. The van der Waals surface area contributed by atoms with Crippen LogP contribution in [0.2, 0.25) is 0 Å². The number of hydrogen-bond acceptors (Lipinski definition) is 2. The highest BCUT2D eigenvalue weighted by atomic mass is 16.3. The lowest BCUT2D eigenvalue weighted by Gasteiger charge is -1.98. The molecule has 0 atom stereocenters. The maximum atomic E-state index is 10.9. The van der Waals surface area contributed by atoms with Gasteiger partial charge in [0.15, 0.2) is 5.43 Å². The highest BCUT2D eigenvalue weighted by Gasteiger charge is 1.97. The van der Waals surface area contributed by atoms with Gasteiger partial charge in [0, 0.05) is 23.5 Å². The number of H-pyrrole nitrogens is 1. The van der Waals surface area contributed by atoms with Crippen LogP contribution in [-0.4, -0.2) is 10.1 Å². The minimum atomic E-state index is -0.109. The Bertz CT molecular complexity index is 277. The van der Waals surface area contributed by atoms with E-state index < -0.39 is 0 Å². The molecule has 0 saturated carbocycles. The van der Waals surface area contributed by atoms with E-state index in [1.807, 2.05) is 0 Å². The SMILES string of the molecule is Cc1c(CO)[nH]ccc1=O. The summed E-state index contributed by atoms with van der Waals surface area (Å²) >= 11 is 0. The number of aromatic amines is 1. The number of nitrogens with one attached hydrogen (secondary N) is 1. The largest absolute Gasteiger partial charge is 0.390 e. The number of aromatic nitrogens is 1. The van der Waals surface area contributed by atoms with Crippen LogP contribution in [0.1, 0.15) is 11.3 Å². The third-order valence-corrected chi connectivity index (χ3v) is 1.47. The molecule has 3 heteroatoms. The number of aliphatic hydroxyl groups excluding tert-OH is 1. The molecule has 0 radical (unpaired) electrons. The highest BCUT2D eigenvalue weighted by Crippen LogP contribution is 1.95. The smallest absolute Gasteiger partial charge is 0.184 e. The Balaban J connectivity index is 3.28. The summed E-state index contributed by atoms with van der Waals surface area (Å²) in [4.78, 5) is 13.6. The van der Waals surface area contributed by atoms with Crippen molar-refractivity contribution in [2.45, 2.75) is 13.5 Å². The first kappa shape index (κ1) is 7.02. The molecule has 3 nitrogen and oxygen atoms in total. The van der Waals surface area contributed by atoms with Gasteiger partial charge < -0.3 is 10.1 Å². The average Bonchev–Trinajstić information content (AvgIpc) is 1.95. The summed E-state index contributed by atoms with van der Waals surface area (Å²) in [5.41, 5.74) is 1.14. The van der Waals surface area contributed by atoms with Gasteiger partial charge in [0.2, 0.25) is 0 Å². The Morgan fingerprint density at radius 2 is 2.40 bits per heavy atom. The predicted molar refractivity (Wildman–Crippen MR) is 37.7 cm³/mol. The molecule has 0 unspecified atom stereocenters. The van der Waals surface area contributed by atoms with Gasteiger partial charge in [-0.05, 0) is 6.92 Å². The van der Waals surface area contributed by atoms with Crippen molar-refractivity contribution in [1.82, 2.24) is 4.98 Å². The summed E-state index contributed by atoms with van der Waals surface area (Å²) < 4.78 is 0. The monoisotopic (exact) mass is 139 g/mol. The molecule has 0 aliphatic heterocycles. The Morgan fingerprint density at radius 1 is 1.70 bits per heavy atom. The van der Waals surface area contributed by atoms with E-state index in [0.29, 0.717) is 11.3 Å². The van der Waals surface area contributed by atoms with Crippen LogP contribution in [0.15, 0.2) is 17.1 Å². The van der Waals surface area contributed by atoms with Gasteiger partial charge in [0.05, 0.1) is 6.61 Å². The van der Waals surface area contributed by atoms with Crippen LogP contribution < -0.4 is 5.43 Å². The maximum Gasteiger partial charge on any atom is 0.184 e. The number of hydrogen-bond donors (Lipinski definition) is 2. The number of pyridine rings is 1. The first-order valence-corrected chi connectivity index (χ1v) is 3.03. The zero-order chi connectivity index (χ0) is 7.56. The molecule has 0 fully saturated rings. The lowest BCUT2D eigenvalue weighted by Crippen LogP contribution is -2.08. The zero-order valence-electron chi connectivity index (χ0n) is 5.72. The Morgan fingerprint density at radius 3 is 2.90 bits per heavy atom. The third-order valence-electron chi connectivity index (χ3n) is 1.47. The molecule has 0 aliphatic carbocycles. The van der Waals surface area contributed by atoms with Crippen molar-refractivity contribution in [2.24, 2.45) is 0 Å². The van der Waals surface area contributed by atoms with Crippen molar-refractivity contribution >= 4 is 0 Å². The van der Waals surface area contributed by atoms with Crippen molar-refractivity contribution in [3.8, 4) is 0 Å². The van der Waals surface area contributed by atoms with E-state index in [0.717, 1.165) is 0 Å². The van der Waals surface area contributed by atoms with Crippen molar-refractivity contribution in [3.63, 3.8) is 0 Å². The molecule has 54 valence electrons. The Labute approximate surface area is 58.3 Å². The van der Waals surface area contributed by atoms with Gasteiger partial charge in [-0.2, -0.15) is 0 Å². The fourth-order valence-corrected chi connectivity index (χ4v) is 0.764. The molecule has 0 spiro atoms. The van der Waals surface area contributed by atoms with Crippen LogP contribution in [0.25, 0.3) is 0 Å². The molecular weight excluding hydrogens is 130 g/mol. The molecule has 0 aliphatic rings. The molecular formula is C7H9NO2. The average molecular weight is 139 g/mol. The molecule has 1 aromatic rings. The van der Waals surface area contributed by atoms with E-state index in [4.69, 9.17) is 5.11 Å². The lowest BCUT2D eigenvalue weighted by molar-refractivity contribution is 0.276. The fourth-order valence-electron chi connectivity index (χ4n) is 0.764. The van der Waals surface area contributed by atoms with E-state index in [-0.39, 0.29) is 12.0 Å². The Kier molecular flexibility index (Phi) is 1.87. The van der Waals surface area contributed by atoms with Gasteiger partial charge in [-0.15, -0.1) is 0 Å². The second-order valence-corrected chi connectivity index (χ2v) is 2.10. The van der Waals surface area contributed by atoms with Crippen LogP contribution in [0, 0.1) is 6.92 Å². The van der Waals surface area contributed by atoms with Gasteiger partial charge in [0.25, 0.3) is 0 Å². The minimum Gasteiger partial charge on any atom is -0.390 e. The molecule has 10 heavy (non-hydrogen) atoms. The summed E-state index contributed by atoms with van der Waals surface area (Å²) in [5.74, 6) is 0. The molecule has 0 saturated heterocycles. The van der Waals surface area contributed by atoms with Crippen LogP contribution in [0.3, 0.4) is 0 Å². The van der Waals surface area contributed by atoms with Crippen molar-refractivity contribution in [2.75, 3.05) is 0 Å². The first-order valence-electron chi connectivity index (χ1n) is 3.03. The summed E-state index contributed by atoms with van der Waals surface area (Å²) in [7, 11) is 0. The summed E-state index contributed by atoms with van der Waals surface area (Å²) in [6.45, 7) is 1.58. The third kappa shape index (κ3) is 1.09. The van der Waals surface area contributed by atoms with Crippen molar-refractivity contribution in [1.29, 1.82) is 0 Å². The molecule has 1 aromatic heterocycles. The quantitative estimate of drug-likeness (QED) is 0.583. The van der Waals surface area contributed by atoms with Gasteiger partial charge in [-0.3, -0.25) is 4.79 Å². The predicted octanol–water partition coefficient (Wildman–Crippen LogP) is 0.176. The summed E-state index contributed by atoms with van der Waals surface area (Å²) in [6.07, 6.45) is 1.53. The zero-order valence-corrected chi connectivity index (χ0v) is 5.72. The number of aliphatic hydroxyl groups is 1. The fraction of sp³-hybridized carbons (Fsp3) is 0.286. The van der Waals surface area contributed by atoms with Gasteiger partial charge in [0.1, 0.15) is 0 Å². The molecule has 1 rings (SSSR count).